The van der Waals surface area contributed by atoms with Crippen molar-refractivity contribution in [3.63, 3.8) is 0 Å². The predicted octanol–water partition coefficient (Wildman–Crippen LogP) is 3.76. The molecule has 0 saturated heterocycles. The second-order valence-electron chi connectivity index (χ2n) is 4.48. The largest absolute Gasteiger partial charge is 0.438 e. The maximum atomic E-state index is 13.6. The van der Waals surface area contributed by atoms with Crippen LogP contribution in [0.15, 0.2) is 18.2 Å². The zero-order valence-electron chi connectivity index (χ0n) is 11.9. The van der Waals surface area contributed by atoms with Crippen LogP contribution in [0.3, 0.4) is 0 Å². The van der Waals surface area contributed by atoms with Crippen LogP contribution in [0.1, 0.15) is 0 Å². The van der Waals surface area contributed by atoms with Crippen LogP contribution >= 0.6 is 0 Å². The number of nitro benzene ring substituents is 3. The van der Waals surface area contributed by atoms with Crippen molar-refractivity contribution in [1.82, 2.24) is 0 Å². The summed E-state index contributed by atoms with van der Waals surface area (Å²) in [4.78, 5) is 28.8. The first-order chi connectivity index (χ1) is 12.0. The molecule has 136 valence electrons. The summed E-state index contributed by atoms with van der Waals surface area (Å²) in [6.45, 7) is 0. The summed E-state index contributed by atoms with van der Waals surface area (Å²) in [5, 5.41) is 32.7. The molecule has 0 unspecified atom stereocenters. The third-order valence-electron chi connectivity index (χ3n) is 2.91. The Bertz CT molecular complexity index is 905. The van der Waals surface area contributed by atoms with Gasteiger partial charge in [-0.15, -0.1) is 0 Å². The fourth-order valence-corrected chi connectivity index (χ4v) is 1.81. The molecule has 0 aliphatic carbocycles. The zero-order chi connectivity index (χ0) is 19.8. The predicted molar refractivity (Wildman–Crippen MR) is 72.8 cm³/mol. The van der Waals surface area contributed by atoms with Gasteiger partial charge < -0.3 is 4.74 Å². The Hall–Kier alpha value is -3.84. The van der Waals surface area contributed by atoms with Crippen LogP contribution in [0.4, 0.5) is 34.6 Å². The summed E-state index contributed by atoms with van der Waals surface area (Å²) in [5.41, 5.74) is -3.94. The molecule has 0 N–H and O–H groups in total. The van der Waals surface area contributed by atoms with Crippen molar-refractivity contribution in [3.8, 4) is 11.5 Å². The van der Waals surface area contributed by atoms with E-state index in [1.54, 1.807) is 0 Å². The molecule has 0 fully saturated rings. The molecule has 0 aliphatic rings. The van der Waals surface area contributed by atoms with E-state index in [1.165, 1.54) is 0 Å². The van der Waals surface area contributed by atoms with Crippen LogP contribution in [-0.2, 0) is 0 Å². The fraction of sp³-hybridized carbons (Fsp3) is 0. The van der Waals surface area contributed by atoms with Crippen molar-refractivity contribution in [2.45, 2.75) is 0 Å². The van der Waals surface area contributed by atoms with Crippen LogP contribution in [0.2, 0.25) is 0 Å². The Morgan fingerprint density at radius 1 is 0.692 bits per heavy atom. The van der Waals surface area contributed by atoms with E-state index in [0.29, 0.717) is 0 Å². The van der Waals surface area contributed by atoms with Crippen molar-refractivity contribution in [2.24, 2.45) is 0 Å². The number of hydrogen-bond acceptors (Lipinski definition) is 7. The number of ether oxygens (including phenoxy) is 1. The quantitative estimate of drug-likeness (QED) is 0.334. The lowest BCUT2D eigenvalue weighted by Gasteiger charge is -2.09. The maximum absolute atomic E-state index is 13.6. The first kappa shape index (κ1) is 18.5. The van der Waals surface area contributed by atoms with Gasteiger partial charge in [0.2, 0.25) is 17.4 Å². The Balaban J connectivity index is 2.80. The smallest absolute Gasteiger partial charge is 0.325 e. The van der Waals surface area contributed by atoms with E-state index >= 15 is 0 Å². The molecule has 10 nitrogen and oxygen atoms in total. The molecule has 0 aromatic heterocycles. The summed E-state index contributed by atoms with van der Waals surface area (Å²) in [6.07, 6.45) is 0. The normalized spacial score (nSPS) is 10.5. The van der Waals surface area contributed by atoms with Gasteiger partial charge >= 0.3 is 11.4 Å². The number of hydrogen-bond donors (Lipinski definition) is 0. The van der Waals surface area contributed by atoms with Crippen LogP contribution in [-0.4, -0.2) is 14.8 Å². The van der Waals surface area contributed by atoms with Gasteiger partial charge in [-0.25, -0.2) is 8.78 Å². The average Bonchev–Trinajstić information content (AvgIpc) is 2.55. The lowest BCUT2D eigenvalue weighted by molar-refractivity contribution is -0.404. The highest BCUT2D eigenvalue weighted by atomic mass is 19.2. The number of benzene rings is 2. The van der Waals surface area contributed by atoms with Crippen LogP contribution in [0.25, 0.3) is 0 Å². The molecule has 0 amide bonds. The molecular formula is C12H3F4N3O7. The maximum Gasteiger partial charge on any atom is 0.325 e. The molecule has 2 aromatic carbocycles. The van der Waals surface area contributed by atoms with Crippen LogP contribution in [0, 0.1) is 53.6 Å². The first-order valence-electron chi connectivity index (χ1n) is 6.16. The van der Waals surface area contributed by atoms with Gasteiger partial charge in [-0.05, 0) is 0 Å². The summed E-state index contributed by atoms with van der Waals surface area (Å²) in [6, 6.07) is 0.248. The SMILES string of the molecule is O=[N+]([O-])c1cc([N+](=O)[O-])c(Oc2c(F)c(F)cc(F)c2F)c([N+](=O)[O-])c1. The highest BCUT2D eigenvalue weighted by Gasteiger charge is 2.34. The summed E-state index contributed by atoms with van der Waals surface area (Å²) in [5.74, 6) is -11.4. The van der Waals surface area contributed by atoms with Crippen LogP contribution < -0.4 is 4.74 Å². The Morgan fingerprint density at radius 2 is 1.12 bits per heavy atom. The second-order valence-corrected chi connectivity index (χ2v) is 4.48. The highest BCUT2D eigenvalue weighted by Crippen LogP contribution is 2.44. The second kappa shape index (κ2) is 6.58. The third kappa shape index (κ3) is 3.19. The molecule has 14 heteroatoms. The molecule has 0 atom stereocenters. The first-order valence-corrected chi connectivity index (χ1v) is 6.16. The zero-order valence-corrected chi connectivity index (χ0v) is 11.9. The molecular weight excluding hydrogens is 374 g/mol. The number of nitrogens with zero attached hydrogens (tertiary/aromatic N) is 3. The number of nitro groups is 3. The van der Waals surface area contributed by atoms with Gasteiger partial charge in [-0.1, -0.05) is 0 Å². The molecule has 0 radical (unpaired) electrons. The summed E-state index contributed by atoms with van der Waals surface area (Å²) < 4.78 is 58.1. The van der Waals surface area contributed by atoms with Gasteiger partial charge in [-0.3, -0.25) is 30.3 Å². The monoisotopic (exact) mass is 377 g/mol. The fourth-order valence-electron chi connectivity index (χ4n) is 1.81. The van der Waals surface area contributed by atoms with Crippen molar-refractivity contribution in [2.75, 3.05) is 0 Å². The summed E-state index contributed by atoms with van der Waals surface area (Å²) >= 11 is 0. The minimum Gasteiger partial charge on any atom is -0.438 e. The molecule has 0 bridgehead atoms. The minimum absolute atomic E-state index is 0.184. The van der Waals surface area contributed by atoms with Gasteiger partial charge in [0.05, 0.1) is 26.9 Å². The van der Waals surface area contributed by atoms with Gasteiger partial charge in [0.1, 0.15) is 0 Å². The number of rotatable bonds is 5. The van der Waals surface area contributed by atoms with E-state index in [0.717, 1.165) is 0 Å². The Morgan fingerprint density at radius 3 is 1.46 bits per heavy atom. The number of non-ortho nitro benzene ring substituents is 1. The lowest BCUT2D eigenvalue weighted by atomic mass is 10.2. The average molecular weight is 377 g/mol. The third-order valence-corrected chi connectivity index (χ3v) is 2.91. The Kier molecular flexibility index (Phi) is 4.68. The molecule has 0 aliphatic heterocycles. The molecule has 0 spiro atoms. The van der Waals surface area contributed by atoms with Gasteiger partial charge in [0.15, 0.2) is 11.6 Å². The molecule has 2 rings (SSSR count). The molecule has 0 heterocycles. The Labute approximate surface area is 138 Å². The summed E-state index contributed by atoms with van der Waals surface area (Å²) in [7, 11) is 0. The van der Waals surface area contributed by atoms with E-state index < -0.39 is 66.6 Å². The van der Waals surface area contributed by atoms with E-state index in [-0.39, 0.29) is 18.2 Å². The van der Waals surface area contributed by atoms with Crippen LogP contribution in [0.5, 0.6) is 11.5 Å². The lowest BCUT2D eigenvalue weighted by Crippen LogP contribution is -2.04. The van der Waals surface area contributed by atoms with E-state index in [4.69, 9.17) is 0 Å². The van der Waals surface area contributed by atoms with Crippen molar-refractivity contribution < 1.29 is 37.1 Å². The molecule has 26 heavy (non-hydrogen) atoms. The van der Waals surface area contributed by atoms with E-state index in [1.807, 2.05) is 0 Å². The number of halogens is 4. The molecule has 2 aromatic rings. The van der Waals surface area contributed by atoms with Crippen molar-refractivity contribution in [3.05, 3.63) is 71.8 Å². The molecule has 0 saturated carbocycles. The van der Waals surface area contributed by atoms with Crippen molar-refractivity contribution in [1.29, 1.82) is 0 Å². The minimum atomic E-state index is -2.12. The standard InChI is InChI=1S/C12H3F4N3O7/c13-5-3-6(14)10(16)12(9(5)15)26-11-7(18(22)23)1-4(17(20)21)2-8(11)19(24)25/h1-3H. The van der Waals surface area contributed by atoms with Gasteiger partial charge in [0, 0.05) is 6.07 Å². The van der Waals surface area contributed by atoms with E-state index in [2.05, 4.69) is 4.74 Å². The van der Waals surface area contributed by atoms with E-state index in [9.17, 15) is 47.9 Å². The van der Waals surface area contributed by atoms with Crippen molar-refractivity contribution >= 4 is 17.1 Å². The van der Waals surface area contributed by atoms with Gasteiger partial charge in [-0.2, -0.15) is 8.78 Å². The highest BCUT2D eigenvalue weighted by molar-refractivity contribution is 5.66. The van der Waals surface area contributed by atoms with Gasteiger partial charge in [0.25, 0.3) is 11.4 Å². The topological polar surface area (TPSA) is 139 Å².